The number of hydrogen-bond donors (Lipinski definition) is 2. The topological polar surface area (TPSA) is 32.3 Å². The number of rotatable bonds is 7. The Morgan fingerprint density at radius 3 is 2.74 bits per heavy atom. The highest BCUT2D eigenvalue weighted by atomic mass is 79.9. The van der Waals surface area contributed by atoms with Crippen molar-refractivity contribution >= 4 is 15.9 Å². The molecule has 1 aromatic carbocycles. The first kappa shape index (κ1) is 15.0. The van der Waals surface area contributed by atoms with E-state index in [0.29, 0.717) is 24.5 Å². The molecule has 3 heteroatoms. The van der Waals surface area contributed by atoms with Crippen LogP contribution < -0.4 is 5.32 Å². The summed E-state index contributed by atoms with van der Waals surface area (Å²) >= 11 is 3.64. The van der Waals surface area contributed by atoms with Crippen LogP contribution in [-0.4, -0.2) is 24.3 Å². The normalized spacial score (nSPS) is 23.9. The van der Waals surface area contributed by atoms with Gasteiger partial charge in [-0.15, -0.1) is 0 Å². The molecule has 1 aliphatic carbocycles. The summed E-state index contributed by atoms with van der Waals surface area (Å²) in [6.45, 7) is 3.56. The van der Waals surface area contributed by atoms with Gasteiger partial charge in [-0.1, -0.05) is 47.5 Å². The fourth-order valence-electron chi connectivity index (χ4n) is 2.81. The van der Waals surface area contributed by atoms with Crippen LogP contribution in [0.2, 0.25) is 0 Å². The van der Waals surface area contributed by atoms with Crippen molar-refractivity contribution in [2.75, 3.05) is 13.2 Å². The van der Waals surface area contributed by atoms with Crippen LogP contribution in [0.3, 0.4) is 0 Å². The Balaban J connectivity index is 1.73. The van der Waals surface area contributed by atoms with Crippen molar-refractivity contribution in [3.05, 3.63) is 34.3 Å². The molecule has 0 bridgehead atoms. The SMILES string of the molecule is CCC(CCO)CNC1CC(c2ccccc2Br)C1. The maximum Gasteiger partial charge on any atom is 0.0434 e. The standard InChI is InChI=1S/C16H24BrNO/c1-2-12(7-8-19)11-18-14-9-13(10-14)15-5-3-4-6-16(15)17/h3-6,12-14,18-19H,2,7-11H2,1H3. The average Bonchev–Trinajstić information content (AvgIpc) is 2.37. The predicted octanol–water partition coefficient (Wildman–Crippen LogP) is 3.69. The van der Waals surface area contributed by atoms with E-state index in [-0.39, 0.29) is 0 Å². The van der Waals surface area contributed by atoms with Gasteiger partial charge in [0.25, 0.3) is 0 Å². The van der Waals surface area contributed by atoms with E-state index >= 15 is 0 Å². The summed E-state index contributed by atoms with van der Waals surface area (Å²) in [5.74, 6) is 1.32. The van der Waals surface area contributed by atoms with E-state index in [1.165, 1.54) is 22.9 Å². The maximum atomic E-state index is 8.99. The van der Waals surface area contributed by atoms with Gasteiger partial charge in [0, 0.05) is 17.1 Å². The molecule has 1 aromatic rings. The van der Waals surface area contributed by atoms with Gasteiger partial charge < -0.3 is 10.4 Å². The summed E-state index contributed by atoms with van der Waals surface area (Å²) in [7, 11) is 0. The molecule has 0 aliphatic heterocycles. The molecule has 0 amide bonds. The van der Waals surface area contributed by atoms with E-state index in [0.717, 1.165) is 19.4 Å². The Hall–Kier alpha value is -0.380. The summed E-state index contributed by atoms with van der Waals surface area (Å²) in [4.78, 5) is 0. The van der Waals surface area contributed by atoms with Crippen LogP contribution in [0.5, 0.6) is 0 Å². The summed E-state index contributed by atoms with van der Waals surface area (Å²) in [6, 6.07) is 9.21. The molecule has 1 aliphatic rings. The molecule has 0 saturated heterocycles. The predicted molar refractivity (Wildman–Crippen MR) is 83.4 cm³/mol. The van der Waals surface area contributed by atoms with Gasteiger partial charge in [0.2, 0.25) is 0 Å². The van der Waals surface area contributed by atoms with Gasteiger partial charge in [-0.3, -0.25) is 0 Å². The second-order valence-electron chi connectivity index (χ2n) is 5.58. The molecule has 1 saturated carbocycles. The number of nitrogens with one attached hydrogen (secondary N) is 1. The van der Waals surface area contributed by atoms with E-state index in [1.54, 1.807) is 0 Å². The Labute approximate surface area is 124 Å². The molecule has 0 aromatic heterocycles. The molecule has 2 nitrogen and oxygen atoms in total. The summed E-state index contributed by atoms with van der Waals surface area (Å²) in [6.07, 6.45) is 4.54. The van der Waals surface area contributed by atoms with Crippen LogP contribution >= 0.6 is 15.9 Å². The van der Waals surface area contributed by atoms with Crippen LogP contribution in [0.1, 0.15) is 44.1 Å². The fourth-order valence-corrected chi connectivity index (χ4v) is 3.42. The Kier molecular flexibility index (Phi) is 5.86. The number of halogens is 1. The lowest BCUT2D eigenvalue weighted by Crippen LogP contribution is -2.42. The Bertz CT molecular complexity index is 390. The van der Waals surface area contributed by atoms with Crippen molar-refractivity contribution < 1.29 is 5.11 Å². The molecule has 1 unspecified atom stereocenters. The lowest BCUT2D eigenvalue weighted by Gasteiger charge is -2.37. The minimum absolute atomic E-state index is 0.310. The third kappa shape index (κ3) is 4.04. The highest BCUT2D eigenvalue weighted by molar-refractivity contribution is 9.10. The zero-order valence-electron chi connectivity index (χ0n) is 11.6. The lowest BCUT2D eigenvalue weighted by atomic mass is 9.75. The van der Waals surface area contributed by atoms with Crippen molar-refractivity contribution in [2.45, 2.75) is 44.6 Å². The molecular formula is C16H24BrNO. The van der Waals surface area contributed by atoms with E-state index in [9.17, 15) is 0 Å². The number of aliphatic hydroxyl groups excluding tert-OH is 1. The lowest BCUT2D eigenvalue weighted by molar-refractivity contribution is 0.231. The third-order valence-electron chi connectivity index (χ3n) is 4.29. The molecule has 1 fully saturated rings. The second-order valence-corrected chi connectivity index (χ2v) is 6.44. The molecule has 106 valence electrons. The van der Waals surface area contributed by atoms with E-state index in [4.69, 9.17) is 5.11 Å². The highest BCUT2D eigenvalue weighted by Gasteiger charge is 2.31. The maximum absolute atomic E-state index is 8.99. The molecule has 0 spiro atoms. The van der Waals surface area contributed by atoms with Crippen molar-refractivity contribution in [2.24, 2.45) is 5.92 Å². The first-order chi connectivity index (χ1) is 9.24. The largest absolute Gasteiger partial charge is 0.396 e. The van der Waals surface area contributed by atoms with Gasteiger partial charge in [0.1, 0.15) is 0 Å². The Morgan fingerprint density at radius 1 is 1.37 bits per heavy atom. The zero-order chi connectivity index (χ0) is 13.7. The van der Waals surface area contributed by atoms with E-state index in [2.05, 4.69) is 52.4 Å². The van der Waals surface area contributed by atoms with Crippen LogP contribution in [0, 0.1) is 5.92 Å². The highest BCUT2D eigenvalue weighted by Crippen LogP contribution is 2.40. The monoisotopic (exact) mass is 325 g/mol. The quantitative estimate of drug-likeness (QED) is 0.801. The van der Waals surface area contributed by atoms with Crippen LogP contribution in [0.4, 0.5) is 0 Å². The molecular weight excluding hydrogens is 302 g/mol. The molecule has 2 N–H and O–H groups in total. The summed E-state index contributed by atoms with van der Waals surface area (Å²) in [5, 5.41) is 12.6. The Morgan fingerprint density at radius 2 is 2.11 bits per heavy atom. The van der Waals surface area contributed by atoms with Gasteiger partial charge in [-0.2, -0.15) is 0 Å². The zero-order valence-corrected chi connectivity index (χ0v) is 13.2. The molecule has 1 atom stereocenters. The number of benzene rings is 1. The van der Waals surface area contributed by atoms with Crippen molar-refractivity contribution in [3.63, 3.8) is 0 Å². The third-order valence-corrected chi connectivity index (χ3v) is 5.02. The van der Waals surface area contributed by atoms with Crippen LogP contribution in [-0.2, 0) is 0 Å². The van der Waals surface area contributed by atoms with E-state index < -0.39 is 0 Å². The number of hydrogen-bond acceptors (Lipinski definition) is 2. The first-order valence-electron chi connectivity index (χ1n) is 7.33. The second kappa shape index (κ2) is 7.41. The van der Waals surface area contributed by atoms with Gasteiger partial charge in [0.15, 0.2) is 0 Å². The van der Waals surface area contributed by atoms with Crippen molar-refractivity contribution in [3.8, 4) is 0 Å². The summed E-state index contributed by atoms with van der Waals surface area (Å²) in [5.41, 5.74) is 1.45. The van der Waals surface area contributed by atoms with Gasteiger partial charge in [0.05, 0.1) is 0 Å². The van der Waals surface area contributed by atoms with E-state index in [1.807, 2.05) is 0 Å². The molecule has 2 rings (SSSR count). The number of aliphatic hydroxyl groups is 1. The first-order valence-corrected chi connectivity index (χ1v) is 8.12. The van der Waals surface area contributed by atoms with Crippen molar-refractivity contribution in [1.29, 1.82) is 0 Å². The molecule has 19 heavy (non-hydrogen) atoms. The van der Waals surface area contributed by atoms with Crippen LogP contribution in [0.25, 0.3) is 0 Å². The minimum atomic E-state index is 0.310. The minimum Gasteiger partial charge on any atom is -0.396 e. The molecule has 0 heterocycles. The molecule has 0 radical (unpaired) electrons. The van der Waals surface area contributed by atoms with Gasteiger partial charge in [-0.25, -0.2) is 0 Å². The van der Waals surface area contributed by atoms with Gasteiger partial charge in [-0.05, 0) is 49.3 Å². The van der Waals surface area contributed by atoms with Crippen LogP contribution in [0.15, 0.2) is 28.7 Å². The fraction of sp³-hybridized carbons (Fsp3) is 0.625. The summed E-state index contributed by atoms with van der Waals surface area (Å²) < 4.78 is 1.24. The average molecular weight is 326 g/mol. The van der Waals surface area contributed by atoms with Crippen molar-refractivity contribution in [1.82, 2.24) is 5.32 Å². The van der Waals surface area contributed by atoms with Gasteiger partial charge >= 0.3 is 0 Å². The smallest absolute Gasteiger partial charge is 0.0434 e.